The average molecular weight is 454 g/mol. The number of hydrogen-bond donors (Lipinski definition) is 1. The van der Waals surface area contributed by atoms with Crippen LogP contribution in [0.25, 0.3) is 0 Å². The van der Waals surface area contributed by atoms with Gasteiger partial charge < -0.3 is 10.1 Å². The van der Waals surface area contributed by atoms with Crippen LogP contribution in [0.1, 0.15) is 25.5 Å². The second kappa shape index (κ2) is 8.03. The lowest BCUT2D eigenvalue weighted by molar-refractivity contribution is -0.112. The molecule has 1 unspecified atom stereocenters. The molecule has 1 N–H and O–H groups in total. The molecule has 1 atom stereocenters. The van der Waals surface area contributed by atoms with Gasteiger partial charge >= 0.3 is 0 Å². The van der Waals surface area contributed by atoms with Gasteiger partial charge in [-0.15, -0.1) is 0 Å². The fourth-order valence-electron chi connectivity index (χ4n) is 3.97. The van der Waals surface area contributed by atoms with Crippen LogP contribution < -0.4 is 15.0 Å². The molecule has 2 heterocycles. The Morgan fingerprint density at radius 2 is 1.83 bits per heavy atom. The van der Waals surface area contributed by atoms with E-state index in [1.54, 1.807) is 7.11 Å². The van der Waals surface area contributed by atoms with E-state index in [1.165, 1.54) is 0 Å². The maximum atomic E-state index is 13.6. The maximum absolute atomic E-state index is 13.6. The van der Waals surface area contributed by atoms with Gasteiger partial charge in [-0.3, -0.25) is 14.7 Å². The lowest BCUT2D eigenvalue weighted by Gasteiger charge is -2.27. The fourth-order valence-corrected chi connectivity index (χ4v) is 4.24. The molecule has 0 radical (unpaired) electrons. The Bertz CT molecular complexity index is 978. The molecule has 4 rings (SSSR count). The van der Waals surface area contributed by atoms with Crippen LogP contribution in [-0.4, -0.2) is 31.8 Å². The summed E-state index contributed by atoms with van der Waals surface area (Å²) in [6.07, 6.45) is 0. The minimum Gasteiger partial charge on any atom is -0.497 e. The zero-order chi connectivity index (χ0) is 20.5. The maximum Gasteiger partial charge on any atom is 0.277 e. The summed E-state index contributed by atoms with van der Waals surface area (Å²) in [6, 6.07) is 15.6. The van der Waals surface area contributed by atoms with Crippen molar-refractivity contribution in [1.82, 2.24) is 5.32 Å². The predicted molar refractivity (Wildman–Crippen MR) is 120 cm³/mol. The molecule has 2 aromatic rings. The number of ether oxygens (including phenoxy) is 1. The Kier molecular flexibility index (Phi) is 5.46. The van der Waals surface area contributed by atoms with Crippen LogP contribution in [0.3, 0.4) is 0 Å². The van der Waals surface area contributed by atoms with Crippen LogP contribution in [0.15, 0.2) is 69.3 Å². The first kappa shape index (κ1) is 19.7. The van der Waals surface area contributed by atoms with Crippen molar-refractivity contribution >= 4 is 33.2 Å². The molecule has 2 aliphatic rings. The Balaban J connectivity index is 1.93. The molecule has 6 heteroatoms. The number of halogens is 1. The number of anilines is 1. The number of carbonyl (C=O) groups excluding carboxylic acids is 1. The summed E-state index contributed by atoms with van der Waals surface area (Å²) < 4.78 is 6.30. The highest BCUT2D eigenvalue weighted by Crippen LogP contribution is 2.43. The van der Waals surface area contributed by atoms with Gasteiger partial charge in [0, 0.05) is 28.0 Å². The molecule has 0 saturated carbocycles. The molecule has 1 saturated heterocycles. The number of aliphatic imine (C=N–C) groups is 1. The first-order chi connectivity index (χ1) is 14.0. The third-order valence-corrected chi connectivity index (χ3v) is 5.84. The van der Waals surface area contributed by atoms with E-state index in [4.69, 9.17) is 4.74 Å². The van der Waals surface area contributed by atoms with Crippen molar-refractivity contribution in [2.45, 2.75) is 19.9 Å². The van der Waals surface area contributed by atoms with Gasteiger partial charge in [0.2, 0.25) is 0 Å². The second-order valence-corrected chi connectivity index (χ2v) is 8.38. The van der Waals surface area contributed by atoms with Gasteiger partial charge in [0.15, 0.2) is 0 Å². The summed E-state index contributed by atoms with van der Waals surface area (Å²) in [7, 11) is 1.64. The summed E-state index contributed by atoms with van der Waals surface area (Å²) in [6.45, 7) is 5.63. The van der Waals surface area contributed by atoms with Gasteiger partial charge in [-0.2, -0.15) is 0 Å². The predicted octanol–water partition coefficient (Wildman–Crippen LogP) is 4.50. The second-order valence-electron chi connectivity index (χ2n) is 7.47. The molecule has 29 heavy (non-hydrogen) atoms. The molecule has 0 aromatic heterocycles. The lowest BCUT2D eigenvalue weighted by Crippen LogP contribution is -2.30. The summed E-state index contributed by atoms with van der Waals surface area (Å²) in [4.78, 5) is 20.1. The zero-order valence-corrected chi connectivity index (χ0v) is 18.4. The number of benzene rings is 2. The van der Waals surface area contributed by atoms with Crippen LogP contribution in [0.4, 0.5) is 5.69 Å². The van der Waals surface area contributed by atoms with E-state index in [-0.39, 0.29) is 17.9 Å². The molecular formula is C23H24BrN3O2. The van der Waals surface area contributed by atoms with Crippen LogP contribution in [0.2, 0.25) is 0 Å². The summed E-state index contributed by atoms with van der Waals surface area (Å²) in [5.41, 5.74) is 4.54. The van der Waals surface area contributed by atoms with Crippen molar-refractivity contribution in [2.75, 3.05) is 25.1 Å². The number of hydrogen-bond acceptors (Lipinski definition) is 4. The van der Waals surface area contributed by atoms with E-state index in [9.17, 15) is 4.79 Å². The van der Waals surface area contributed by atoms with Crippen molar-refractivity contribution < 1.29 is 9.53 Å². The van der Waals surface area contributed by atoms with Gasteiger partial charge in [0.05, 0.1) is 19.7 Å². The van der Waals surface area contributed by atoms with E-state index in [2.05, 4.69) is 52.2 Å². The number of allylic oxidation sites excluding steroid dienone is 1. The number of fused-ring (bicyclic) bond motifs is 1. The molecule has 0 bridgehead atoms. The van der Waals surface area contributed by atoms with Gasteiger partial charge in [-0.25, -0.2) is 0 Å². The Morgan fingerprint density at radius 1 is 1.14 bits per heavy atom. The van der Waals surface area contributed by atoms with E-state index in [0.29, 0.717) is 12.3 Å². The minimum absolute atomic E-state index is 0.0556. The summed E-state index contributed by atoms with van der Waals surface area (Å²) >= 11 is 3.52. The Labute approximate surface area is 179 Å². The van der Waals surface area contributed by atoms with Crippen molar-refractivity contribution in [3.05, 3.63) is 69.8 Å². The van der Waals surface area contributed by atoms with E-state index in [0.717, 1.165) is 39.3 Å². The number of nitrogens with zero attached hydrogens (tertiary/aromatic N) is 2. The largest absolute Gasteiger partial charge is 0.497 e. The third kappa shape index (κ3) is 3.57. The van der Waals surface area contributed by atoms with Crippen LogP contribution in [0, 0.1) is 5.92 Å². The molecule has 0 spiro atoms. The average Bonchev–Trinajstić information content (AvgIpc) is 2.87. The number of nitrogens with one attached hydrogen (secondary N) is 1. The smallest absolute Gasteiger partial charge is 0.277 e. The van der Waals surface area contributed by atoms with Crippen LogP contribution in [0.5, 0.6) is 5.75 Å². The molecule has 1 amide bonds. The van der Waals surface area contributed by atoms with Crippen molar-refractivity contribution in [1.29, 1.82) is 0 Å². The van der Waals surface area contributed by atoms with Crippen molar-refractivity contribution in [3.8, 4) is 5.75 Å². The van der Waals surface area contributed by atoms with Crippen molar-refractivity contribution in [2.24, 2.45) is 10.9 Å². The minimum atomic E-state index is -0.231. The van der Waals surface area contributed by atoms with Crippen LogP contribution in [-0.2, 0) is 4.79 Å². The van der Waals surface area contributed by atoms with E-state index in [1.807, 2.05) is 41.3 Å². The van der Waals surface area contributed by atoms with Gasteiger partial charge in [0.25, 0.3) is 5.91 Å². The molecule has 2 aromatic carbocycles. The summed E-state index contributed by atoms with van der Waals surface area (Å²) in [5, 5.41) is 3.53. The normalized spacial score (nSPS) is 19.1. The molecule has 0 aliphatic carbocycles. The highest BCUT2D eigenvalue weighted by atomic mass is 79.9. The topological polar surface area (TPSA) is 53.9 Å². The van der Waals surface area contributed by atoms with Crippen LogP contribution >= 0.6 is 15.9 Å². The first-order valence-electron chi connectivity index (χ1n) is 9.77. The third-order valence-electron chi connectivity index (χ3n) is 5.31. The fraction of sp³-hybridized carbons (Fsp3) is 0.304. The molecule has 2 aliphatic heterocycles. The number of amides is 1. The van der Waals surface area contributed by atoms with E-state index < -0.39 is 0 Å². The summed E-state index contributed by atoms with van der Waals surface area (Å²) in [5.74, 6) is 0.964. The van der Waals surface area contributed by atoms with E-state index >= 15 is 0 Å². The number of rotatable bonds is 4. The number of carbonyl (C=O) groups is 1. The van der Waals surface area contributed by atoms with Crippen molar-refractivity contribution in [3.63, 3.8) is 0 Å². The zero-order valence-electron chi connectivity index (χ0n) is 16.8. The monoisotopic (exact) mass is 453 g/mol. The quantitative estimate of drug-likeness (QED) is 0.741. The Hall–Kier alpha value is -2.60. The van der Waals surface area contributed by atoms with Gasteiger partial charge in [-0.1, -0.05) is 41.9 Å². The number of methoxy groups -OCH3 is 1. The molecule has 1 fully saturated rings. The standard InChI is InChI=1S/C23H24BrN3O2/c1-14(2)20-19-21(26-13-12-25-20)23(28)27(17-8-10-18(29-3)11-9-17)22(19)15-4-6-16(24)7-5-15/h4-11,14,22,25H,12-13H2,1-3H3. The highest BCUT2D eigenvalue weighted by molar-refractivity contribution is 9.10. The highest BCUT2D eigenvalue weighted by Gasteiger charge is 2.45. The SMILES string of the molecule is COc1ccc(N2C(=O)C3=NCCNC(C(C)C)=C3C2c2ccc(Br)cc2)cc1. The van der Waals surface area contributed by atoms with Gasteiger partial charge in [-0.05, 0) is 47.9 Å². The van der Waals surface area contributed by atoms with Gasteiger partial charge in [0.1, 0.15) is 11.5 Å². The molecular weight excluding hydrogens is 430 g/mol. The lowest BCUT2D eigenvalue weighted by atomic mass is 9.92. The molecule has 5 nitrogen and oxygen atoms in total. The molecule has 150 valence electrons. The Morgan fingerprint density at radius 3 is 2.45 bits per heavy atom. The first-order valence-corrected chi connectivity index (χ1v) is 10.6.